The van der Waals surface area contributed by atoms with E-state index in [2.05, 4.69) is 10.4 Å². The predicted octanol–water partition coefficient (Wildman–Crippen LogP) is 4.42. The first kappa shape index (κ1) is 20.0. The minimum absolute atomic E-state index is 0.0203. The molecule has 0 spiro atoms. The van der Waals surface area contributed by atoms with Crippen molar-refractivity contribution in [2.75, 3.05) is 6.54 Å². The summed E-state index contributed by atoms with van der Waals surface area (Å²) in [5, 5.41) is 18.5. The monoisotopic (exact) mass is 412 g/mol. The molecule has 4 rings (SSSR count). The molecule has 4 aromatic rings. The first-order valence-corrected chi connectivity index (χ1v) is 9.84. The molecule has 31 heavy (non-hydrogen) atoms. The summed E-state index contributed by atoms with van der Waals surface area (Å²) in [5.41, 5.74) is 3.57. The molecule has 0 saturated carbocycles. The molecule has 0 unspecified atom stereocenters. The van der Waals surface area contributed by atoms with Crippen molar-refractivity contribution in [2.24, 2.45) is 0 Å². The quantitative estimate of drug-likeness (QED) is 0.359. The van der Waals surface area contributed by atoms with E-state index in [0.29, 0.717) is 30.0 Å². The number of nitro benzene ring substituents is 1. The third-order valence-corrected chi connectivity index (χ3v) is 4.86. The van der Waals surface area contributed by atoms with Crippen LogP contribution in [0.15, 0.2) is 91.0 Å². The van der Waals surface area contributed by atoms with Crippen molar-refractivity contribution in [3.05, 3.63) is 112 Å². The minimum Gasteiger partial charge on any atom is -0.350 e. The summed E-state index contributed by atoms with van der Waals surface area (Å²) in [7, 11) is 0. The van der Waals surface area contributed by atoms with Crippen molar-refractivity contribution < 1.29 is 9.72 Å². The molecule has 1 amide bonds. The molecular formula is C24H20N4O3. The lowest BCUT2D eigenvalue weighted by molar-refractivity contribution is -0.384. The average molecular weight is 412 g/mol. The smallest absolute Gasteiger partial charge is 0.270 e. The third kappa shape index (κ3) is 4.67. The van der Waals surface area contributed by atoms with E-state index in [1.54, 1.807) is 18.2 Å². The number of aromatic nitrogens is 2. The van der Waals surface area contributed by atoms with Crippen LogP contribution in [0.3, 0.4) is 0 Å². The fraction of sp³-hybridized carbons (Fsp3) is 0.0833. The van der Waals surface area contributed by atoms with E-state index in [-0.39, 0.29) is 11.6 Å². The van der Waals surface area contributed by atoms with Crippen molar-refractivity contribution in [1.29, 1.82) is 0 Å². The summed E-state index contributed by atoms with van der Waals surface area (Å²) in [6.07, 6.45) is 0.712. The second kappa shape index (κ2) is 9.04. The van der Waals surface area contributed by atoms with Gasteiger partial charge in [-0.05, 0) is 30.2 Å². The fourth-order valence-corrected chi connectivity index (χ4v) is 3.26. The number of rotatable bonds is 7. The lowest BCUT2D eigenvalue weighted by Gasteiger charge is -2.08. The number of nitrogens with zero attached hydrogens (tertiary/aromatic N) is 3. The predicted molar refractivity (Wildman–Crippen MR) is 118 cm³/mol. The van der Waals surface area contributed by atoms with Crippen LogP contribution >= 0.6 is 0 Å². The van der Waals surface area contributed by atoms with Crippen LogP contribution in [-0.2, 0) is 6.42 Å². The lowest BCUT2D eigenvalue weighted by atomic mass is 10.1. The zero-order valence-corrected chi connectivity index (χ0v) is 16.6. The van der Waals surface area contributed by atoms with Crippen LogP contribution < -0.4 is 5.32 Å². The SMILES string of the molecule is O=C(NCCc1ccccc1)c1cc(-c2ccccc2)nn1-c1ccc([N+](=O)[O-])cc1. The molecule has 0 aliphatic heterocycles. The number of nitro groups is 1. The van der Waals surface area contributed by atoms with Gasteiger partial charge in [0.25, 0.3) is 11.6 Å². The van der Waals surface area contributed by atoms with Gasteiger partial charge in [-0.15, -0.1) is 0 Å². The number of non-ortho nitro benzene ring substituents is 1. The number of hydrogen-bond acceptors (Lipinski definition) is 4. The number of carbonyl (C=O) groups is 1. The Morgan fingerprint density at radius 2 is 1.58 bits per heavy atom. The molecule has 0 radical (unpaired) electrons. The van der Waals surface area contributed by atoms with Gasteiger partial charge in [0.2, 0.25) is 0 Å². The average Bonchev–Trinajstić information content (AvgIpc) is 3.26. The zero-order chi connectivity index (χ0) is 21.6. The van der Waals surface area contributed by atoms with Gasteiger partial charge < -0.3 is 5.32 Å². The Morgan fingerprint density at radius 1 is 0.935 bits per heavy atom. The normalized spacial score (nSPS) is 10.6. The molecule has 0 bridgehead atoms. The summed E-state index contributed by atoms with van der Waals surface area (Å²) < 4.78 is 1.52. The zero-order valence-electron chi connectivity index (χ0n) is 16.6. The van der Waals surface area contributed by atoms with Crippen molar-refractivity contribution in [3.63, 3.8) is 0 Å². The molecule has 7 nitrogen and oxygen atoms in total. The summed E-state index contributed by atoms with van der Waals surface area (Å²) >= 11 is 0. The Balaban J connectivity index is 1.62. The van der Waals surface area contributed by atoms with E-state index in [0.717, 1.165) is 11.1 Å². The van der Waals surface area contributed by atoms with Gasteiger partial charge in [0.1, 0.15) is 5.69 Å². The molecule has 1 aromatic heterocycles. The van der Waals surface area contributed by atoms with Gasteiger partial charge in [-0.3, -0.25) is 14.9 Å². The van der Waals surface area contributed by atoms with Gasteiger partial charge in [0.15, 0.2) is 0 Å². The van der Waals surface area contributed by atoms with E-state index in [4.69, 9.17) is 0 Å². The Kier molecular flexibility index (Phi) is 5.84. The Morgan fingerprint density at radius 3 is 2.23 bits per heavy atom. The highest BCUT2D eigenvalue weighted by Gasteiger charge is 2.18. The van der Waals surface area contributed by atoms with Crippen LogP contribution in [0.5, 0.6) is 0 Å². The van der Waals surface area contributed by atoms with Gasteiger partial charge in [0, 0.05) is 24.2 Å². The topological polar surface area (TPSA) is 90.1 Å². The molecule has 3 aromatic carbocycles. The molecule has 0 atom stereocenters. The molecule has 0 fully saturated rings. The fourth-order valence-electron chi connectivity index (χ4n) is 3.26. The summed E-state index contributed by atoms with van der Waals surface area (Å²) in [5.74, 6) is -0.260. The molecule has 0 aliphatic carbocycles. The maximum Gasteiger partial charge on any atom is 0.270 e. The van der Waals surface area contributed by atoms with E-state index >= 15 is 0 Å². The molecule has 1 heterocycles. The Hall–Kier alpha value is -4.26. The minimum atomic E-state index is -0.459. The number of benzene rings is 3. The standard InChI is InChI=1S/C24H20N4O3/c29-24(25-16-15-18-7-3-1-4-8-18)23-17-22(19-9-5-2-6-10-19)26-27(23)20-11-13-21(14-12-20)28(30)31/h1-14,17H,15-16H2,(H,25,29). The van der Waals surface area contributed by atoms with Gasteiger partial charge in [0.05, 0.1) is 16.3 Å². The first-order valence-electron chi connectivity index (χ1n) is 9.84. The third-order valence-electron chi connectivity index (χ3n) is 4.86. The van der Waals surface area contributed by atoms with Crippen LogP contribution in [0, 0.1) is 10.1 Å². The molecule has 154 valence electrons. The highest BCUT2D eigenvalue weighted by molar-refractivity contribution is 5.94. The molecular weight excluding hydrogens is 392 g/mol. The van der Waals surface area contributed by atoms with Crippen molar-refractivity contribution in [1.82, 2.24) is 15.1 Å². The van der Waals surface area contributed by atoms with E-state index in [1.165, 1.54) is 16.8 Å². The highest BCUT2D eigenvalue weighted by atomic mass is 16.6. The number of hydrogen-bond donors (Lipinski definition) is 1. The maximum absolute atomic E-state index is 13.0. The van der Waals surface area contributed by atoms with Crippen LogP contribution in [0.25, 0.3) is 16.9 Å². The highest BCUT2D eigenvalue weighted by Crippen LogP contribution is 2.23. The maximum atomic E-state index is 13.0. The second-order valence-corrected chi connectivity index (χ2v) is 6.96. The van der Waals surface area contributed by atoms with Crippen molar-refractivity contribution >= 4 is 11.6 Å². The second-order valence-electron chi connectivity index (χ2n) is 6.96. The molecule has 0 saturated heterocycles. The Bertz CT molecular complexity index is 1190. The van der Waals surface area contributed by atoms with Gasteiger partial charge in [-0.1, -0.05) is 60.7 Å². The van der Waals surface area contributed by atoms with E-state index < -0.39 is 4.92 Å². The van der Waals surface area contributed by atoms with Crippen molar-refractivity contribution in [3.8, 4) is 16.9 Å². The van der Waals surface area contributed by atoms with Gasteiger partial charge >= 0.3 is 0 Å². The summed E-state index contributed by atoms with van der Waals surface area (Å²) in [4.78, 5) is 23.5. The van der Waals surface area contributed by atoms with Crippen LogP contribution in [0.1, 0.15) is 16.1 Å². The Labute approximate surface area is 179 Å². The van der Waals surface area contributed by atoms with E-state index in [1.807, 2.05) is 60.7 Å². The number of carbonyl (C=O) groups excluding carboxylic acids is 1. The van der Waals surface area contributed by atoms with Gasteiger partial charge in [-0.2, -0.15) is 5.10 Å². The van der Waals surface area contributed by atoms with Crippen LogP contribution in [0.2, 0.25) is 0 Å². The number of nitrogens with one attached hydrogen (secondary N) is 1. The molecule has 7 heteroatoms. The summed E-state index contributed by atoms with van der Waals surface area (Å²) in [6.45, 7) is 0.481. The molecule has 1 N–H and O–H groups in total. The lowest BCUT2D eigenvalue weighted by Crippen LogP contribution is -2.27. The van der Waals surface area contributed by atoms with Crippen LogP contribution in [0.4, 0.5) is 5.69 Å². The van der Waals surface area contributed by atoms with Crippen LogP contribution in [-0.4, -0.2) is 27.2 Å². The van der Waals surface area contributed by atoms with Gasteiger partial charge in [-0.25, -0.2) is 4.68 Å². The van der Waals surface area contributed by atoms with E-state index in [9.17, 15) is 14.9 Å². The van der Waals surface area contributed by atoms with Crippen molar-refractivity contribution in [2.45, 2.75) is 6.42 Å². The summed E-state index contributed by atoms with van der Waals surface area (Å²) in [6, 6.07) is 27.2. The largest absolute Gasteiger partial charge is 0.350 e. The molecule has 0 aliphatic rings. The first-order chi connectivity index (χ1) is 15.1. The number of amides is 1.